The first-order valence-corrected chi connectivity index (χ1v) is 7.09. The van der Waals surface area contributed by atoms with E-state index in [4.69, 9.17) is 33.5 Å². The van der Waals surface area contributed by atoms with Gasteiger partial charge >= 0.3 is 0 Å². The number of anilines is 1. The van der Waals surface area contributed by atoms with Gasteiger partial charge in [0.1, 0.15) is 0 Å². The van der Waals surface area contributed by atoms with Crippen molar-refractivity contribution < 1.29 is 4.52 Å². The maximum atomic E-state index is 6.00. The van der Waals surface area contributed by atoms with Crippen LogP contribution >= 0.6 is 23.2 Å². The first kappa shape index (κ1) is 14.0. The molecule has 106 valence electrons. The third-order valence-electron chi connectivity index (χ3n) is 3.28. The van der Waals surface area contributed by atoms with Crippen LogP contribution in [0.5, 0.6) is 0 Å². The van der Waals surface area contributed by atoms with Gasteiger partial charge in [0.25, 0.3) is 0 Å². The molecule has 2 aromatic carbocycles. The molecule has 0 amide bonds. The molecule has 3 aromatic rings. The van der Waals surface area contributed by atoms with Crippen molar-refractivity contribution in [3.63, 3.8) is 0 Å². The molecule has 0 saturated heterocycles. The Hall–Kier alpha value is -1.97. The van der Waals surface area contributed by atoms with E-state index < -0.39 is 0 Å². The molecule has 0 radical (unpaired) electrons. The molecule has 0 fully saturated rings. The van der Waals surface area contributed by atoms with Crippen LogP contribution in [-0.2, 0) is 0 Å². The van der Waals surface area contributed by atoms with E-state index in [1.54, 1.807) is 0 Å². The van der Waals surface area contributed by atoms with Gasteiger partial charge in [-0.1, -0.05) is 40.5 Å². The maximum absolute atomic E-state index is 6.00. The number of aryl methyl sites for hydroxylation is 1. The smallest absolute Gasteiger partial charge is 0.177 e. The lowest BCUT2D eigenvalue weighted by atomic mass is 9.99. The number of benzene rings is 2. The summed E-state index contributed by atoms with van der Waals surface area (Å²) in [6.45, 7) is 1.96. The molecule has 1 aromatic heterocycles. The molecule has 0 spiro atoms. The van der Waals surface area contributed by atoms with Crippen LogP contribution < -0.4 is 5.73 Å². The van der Waals surface area contributed by atoms with Crippen molar-refractivity contribution in [1.82, 2.24) is 5.16 Å². The van der Waals surface area contributed by atoms with E-state index >= 15 is 0 Å². The van der Waals surface area contributed by atoms with Crippen molar-refractivity contribution in [3.8, 4) is 22.5 Å². The minimum absolute atomic E-state index is 0.349. The number of nitrogens with two attached hydrogens (primary N) is 1. The minimum atomic E-state index is 0.349. The number of nitrogen functional groups attached to an aromatic ring is 1. The Kier molecular flexibility index (Phi) is 3.62. The Bertz CT molecular complexity index is 795. The van der Waals surface area contributed by atoms with Crippen LogP contribution in [0.3, 0.4) is 0 Å². The van der Waals surface area contributed by atoms with Crippen LogP contribution in [-0.4, -0.2) is 5.16 Å². The lowest BCUT2D eigenvalue weighted by molar-refractivity contribution is 0.436. The second-order valence-electron chi connectivity index (χ2n) is 4.74. The van der Waals surface area contributed by atoms with Gasteiger partial charge in [0.05, 0.1) is 5.56 Å². The van der Waals surface area contributed by atoms with Gasteiger partial charge in [0.15, 0.2) is 11.6 Å². The van der Waals surface area contributed by atoms with E-state index in [0.717, 1.165) is 22.3 Å². The normalized spacial score (nSPS) is 10.8. The highest BCUT2D eigenvalue weighted by molar-refractivity contribution is 6.31. The van der Waals surface area contributed by atoms with Crippen molar-refractivity contribution in [2.45, 2.75) is 6.92 Å². The fraction of sp³-hybridized carbons (Fsp3) is 0.0625. The quantitative estimate of drug-likeness (QED) is 0.706. The first-order chi connectivity index (χ1) is 10.1. The van der Waals surface area contributed by atoms with Crippen molar-refractivity contribution in [3.05, 3.63) is 58.1 Å². The predicted molar refractivity (Wildman–Crippen MR) is 86.5 cm³/mol. The van der Waals surface area contributed by atoms with Crippen LogP contribution in [0.15, 0.2) is 47.0 Å². The SMILES string of the molecule is Cc1cc(Cl)ccc1-c1onc(N)c1-c1ccc(Cl)cc1. The Morgan fingerprint density at radius 1 is 1.00 bits per heavy atom. The summed E-state index contributed by atoms with van der Waals surface area (Å²) in [6.07, 6.45) is 0. The largest absolute Gasteiger partial charge is 0.380 e. The van der Waals surface area contributed by atoms with Gasteiger partial charge in [-0.2, -0.15) is 0 Å². The number of hydrogen-bond acceptors (Lipinski definition) is 3. The highest BCUT2D eigenvalue weighted by Gasteiger charge is 2.19. The minimum Gasteiger partial charge on any atom is -0.380 e. The molecule has 0 unspecified atom stereocenters. The summed E-state index contributed by atoms with van der Waals surface area (Å²) >= 11 is 11.9. The second-order valence-corrected chi connectivity index (χ2v) is 5.61. The third-order valence-corrected chi connectivity index (χ3v) is 3.77. The van der Waals surface area contributed by atoms with Crippen LogP contribution in [0.4, 0.5) is 5.82 Å². The fourth-order valence-corrected chi connectivity index (χ4v) is 2.62. The summed E-state index contributed by atoms with van der Waals surface area (Å²) in [6, 6.07) is 13.0. The highest BCUT2D eigenvalue weighted by Crippen LogP contribution is 2.38. The monoisotopic (exact) mass is 318 g/mol. The summed E-state index contributed by atoms with van der Waals surface area (Å²) in [7, 11) is 0. The van der Waals surface area contributed by atoms with Crippen molar-refractivity contribution in [2.75, 3.05) is 5.73 Å². The lowest BCUT2D eigenvalue weighted by Gasteiger charge is -2.06. The van der Waals surface area contributed by atoms with Gasteiger partial charge in [0.2, 0.25) is 0 Å². The van der Waals surface area contributed by atoms with Crippen molar-refractivity contribution >= 4 is 29.0 Å². The predicted octanol–water partition coefficient (Wildman–Crippen LogP) is 5.21. The topological polar surface area (TPSA) is 52.0 Å². The van der Waals surface area contributed by atoms with Gasteiger partial charge in [-0.25, -0.2) is 0 Å². The summed E-state index contributed by atoms with van der Waals surface area (Å²) in [5, 5.41) is 5.23. The van der Waals surface area contributed by atoms with Gasteiger partial charge < -0.3 is 10.3 Å². The molecule has 0 saturated carbocycles. The molecular formula is C16H12Cl2N2O. The summed E-state index contributed by atoms with van der Waals surface area (Å²) in [4.78, 5) is 0. The zero-order chi connectivity index (χ0) is 15.0. The van der Waals surface area contributed by atoms with E-state index in [9.17, 15) is 0 Å². The number of hydrogen-bond donors (Lipinski definition) is 1. The third kappa shape index (κ3) is 2.62. The summed E-state index contributed by atoms with van der Waals surface area (Å²) < 4.78 is 5.44. The average Bonchev–Trinajstić information content (AvgIpc) is 2.82. The lowest BCUT2D eigenvalue weighted by Crippen LogP contribution is -1.89. The number of rotatable bonds is 2. The van der Waals surface area contributed by atoms with E-state index in [1.807, 2.05) is 49.4 Å². The highest BCUT2D eigenvalue weighted by atomic mass is 35.5. The molecule has 0 aliphatic carbocycles. The number of halogens is 2. The van der Waals surface area contributed by atoms with E-state index in [2.05, 4.69) is 5.16 Å². The maximum Gasteiger partial charge on any atom is 0.177 e. The molecular weight excluding hydrogens is 307 g/mol. The van der Waals surface area contributed by atoms with E-state index in [1.165, 1.54) is 0 Å². The molecule has 3 rings (SSSR count). The number of nitrogens with zero attached hydrogens (tertiary/aromatic N) is 1. The summed E-state index contributed by atoms with van der Waals surface area (Å²) in [5.74, 6) is 0.977. The first-order valence-electron chi connectivity index (χ1n) is 6.34. The van der Waals surface area contributed by atoms with E-state index in [0.29, 0.717) is 21.6 Å². The van der Waals surface area contributed by atoms with Crippen molar-refractivity contribution in [1.29, 1.82) is 0 Å². The molecule has 0 bridgehead atoms. The zero-order valence-corrected chi connectivity index (χ0v) is 12.7. The Labute approximate surface area is 132 Å². The molecule has 0 aliphatic heterocycles. The Balaban J connectivity index is 2.19. The average molecular weight is 319 g/mol. The molecule has 5 heteroatoms. The molecule has 1 heterocycles. The van der Waals surface area contributed by atoms with Gasteiger partial charge in [-0.05, 0) is 48.4 Å². The number of aromatic nitrogens is 1. The van der Waals surface area contributed by atoms with E-state index in [-0.39, 0.29) is 0 Å². The molecule has 3 nitrogen and oxygen atoms in total. The molecule has 21 heavy (non-hydrogen) atoms. The zero-order valence-electron chi connectivity index (χ0n) is 11.2. The Morgan fingerprint density at radius 3 is 2.33 bits per heavy atom. The van der Waals surface area contributed by atoms with Crippen LogP contribution in [0.2, 0.25) is 10.0 Å². The molecule has 0 atom stereocenters. The van der Waals surface area contributed by atoms with Gasteiger partial charge in [0, 0.05) is 15.6 Å². The van der Waals surface area contributed by atoms with Gasteiger partial charge in [-0.15, -0.1) is 0 Å². The fourth-order valence-electron chi connectivity index (χ4n) is 2.26. The molecule has 2 N–H and O–H groups in total. The Morgan fingerprint density at radius 2 is 1.67 bits per heavy atom. The molecule has 0 aliphatic rings. The second kappa shape index (κ2) is 5.43. The van der Waals surface area contributed by atoms with Crippen molar-refractivity contribution in [2.24, 2.45) is 0 Å². The van der Waals surface area contributed by atoms with Crippen LogP contribution in [0.1, 0.15) is 5.56 Å². The summed E-state index contributed by atoms with van der Waals surface area (Å²) in [5.41, 5.74) is 9.54. The van der Waals surface area contributed by atoms with Gasteiger partial charge in [-0.3, -0.25) is 0 Å². The standard InChI is InChI=1S/C16H12Cl2N2O/c1-9-8-12(18)6-7-13(9)15-14(16(19)20-21-15)10-2-4-11(17)5-3-10/h2-8H,1H3,(H2,19,20). The van der Waals surface area contributed by atoms with Crippen LogP contribution in [0.25, 0.3) is 22.5 Å². The van der Waals surface area contributed by atoms with Crippen LogP contribution in [0, 0.1) is 6.92 Å².